The van der Waals surface area contributed by atoms with Crippen LogP contribution in [-0.2, 0) is 14.8 Å². The van der Waals surface area contributed by atoms with Gasteiger partial charge in [-0.3, -0.25) is 9.52 Å². The maximum absolute atomic E-state index is 15.3. The Balaban J connectivity index is 1.63. The van der Waals surface area contributed by atoms with Crippen LogP contribution < -0.4 is 14.8 Å². The molecule has 1 aromatic heterocycles. The van der Waals surface area contributed by atoms with Crippen molar-refractivity contribution in [1.82, 2.24) is 4.98 Å². The number of hydrogen-bond acceptors (Lipinski definition) is 7. The molecule has 8 nitrogen and oxygen atoms in total. The Morgan fingerprint density at radius 2 is 1.89 bits per heavy atom. The Bertz CT molecular complexity index is 1370. The Hall–Kier alpha value is -3.64. The number of ether oxygens (including phenoxy) is 2. The Labute approximate surface area is 199 Å². The van der Waals surface area contributed by atoms with Crippen molar-refractivity contribution in [2.24, 2.45) is 0 Å². The summed E-state index contributed by atoms with van der Waals surface area (Å²) >= 11 is 0. The van der Waals surface area contributed by atoms with E-state index in [1.165, 1.54) is 13.3 Å². The van der Waals surface area contributed by atoms with Crippen LogP contribution in [-0.4, -0.2) is 46.1 Å². The zero-order valence-corrected chi connectivity index (χ0v) is 19.2. The number of ketones is 1. The average molecular weight is 507 g/mol. The Kier molecular flexibility index (Phi) is 6.94. The molecule has 0 amide bonds. The second kappa shape index (κ2) is 9.92. The highest BCUT2D eigenvalue weighted by Gasteiger charge is 2.35. The molecule has 0 bridgehead atoms. The van der Waals surface area contributed by atoms with E-state index in [1.54, 1.807) is 6.07 Å². The molecule has 1 atom stereocenters. The summed E-state index contributed by atoms with van der Waals surface area (Å²) in [5, 5.41) is 2.91. The lowest BCUT2D eigenvalue weighted by Gasteiger charge is -2.15. The molecular formula is C23H20F3N3O5S. The number of carbonyl (C=O) groups excluding carboxylic acids is 1. The van der Waals surface area contributed by atoms with E-state index >= 15 is 4.39 Å². The highest BCUT2D eigenvalue weighted by Crippen LogP contribution is 2.36. The summed E-state index contributed by atoms with van der Waals surface area (Å²) in [4.78, 5) is 17.1. The van der Waals surface area contributed by atoms with Crippen LogP contribution in [0.3, 0.4) is 0 Å². The van der Waals surface area contributed by atoms with Gasteiger partial charge in [0.15, 0.2) is 11.6 Å². The number of aromatic nitrogens is 1. The lowest BCUT2D eigenvalue weighted by atomic mass is 9.92. The van der Waals surface area contributed by atoms with Gasteiger partial charge in [0, 0.05) is 19.2 Å². The standard InChI is InChI=1S/C23H20F3N3O5S/c1-33-8-9-34-14-10-16-17(12-28-23(16)27-11-14)22(30)20-18(25)6-7-19(21(20)26)29-35(31,32)15-4-2-13(24)3-5-15/h2-7,10-11,17,29H,8-9,12H2,1H3,(H,27,28). The molecule has 0 radical (unpaired) electrons. The molecule has 0 saturated carbocycles. The van der Waals surface area contributed by atoms with Crippen molar-refractivity contribution in [3.8, 4) is 5.75 Å². The van der Waals surface area contributed by atoms with E-state index in [2.05, 4.69) is 10.3 Å². The first-order chi connectivity index (χ1) is 16.7. The van der Waals surface area contributed by atoms with E-state index in [9.17, 15) is 22.0 Å². The first-order valence-electron chi connectivity index (χ1n) is 10.4. The maximum Gasteiger partial charge on any atom is 0.261 e. The molecule has 1 aliphatic heterocycles. The summed E-state index contributed by atoms with van der Waals surface area (Å²) in [6.07, 6.45) is 1.44. The van der Waals surface area contributed by atoms with Crippen LogP contribution in [0.5, 0.6) is 5.75 Å². The summed E-state index contributed by atoms with van der Waals surface area (Å²) < 4.78 is 80.6. The molecule has 0 aliphatic carbocycles. The molecule has 35 heavy (non-hydrogen) atoms. The number of carbonyl (C=O) groups is 1. The third kappa shape index (κ3) is 5.08. The summed E-state index contributed by atoms with van der Waals surface area (Å²) in [5.41, 5.74) is -1.13. The summed E-state index contributed by atoms with van der Waals surface area (Å²) in [7, 11) is -2.82. The van der Waals surface area contributed by atoms with Crippen molar-refractivity contribution < 1.29 is 35.9 Å². The molecule has 0 spiro atoms. The molecule has 1 aliphatic rings. The van der Waals surface area contributed by atoms with Crippen molar-refractivity contribution in [2.45, 2.75) is 10.8 Å². The maximum atomic E-state index is 15.3. The van der Waals surface area contributed by atoms with Gasteiger partial charge in [0.1, 0.15) is 29.8 Å². The van der Waals surface area contributed by atoms with E-state index in [1.807, 2.05) is 4.72 Å². The molecule has 184 valence electrons. The topological polar surface area (TPSA) is 107 Å². The van der Waals surface area contributed by atoms with Gasteiger partial charge in [-0.15, -0.1) is 0 Å². The van der Waals surface area contributed by atoms with Gasteiger partial charge < -0.3 is 14.8 Å². The van der Waals surface area contributed by atoms with E-state index in [-0.39, 0.29) is 18.0 Å². The van der Waals surface area contributed by atoms with Crippen molar-refractivity contribution in [3.05, 3.63) is 77.2 Å². The molecule has 2 heterocycles. The van der Waals surface area contributed by atoms with Crippen LogP contribution in [0.2, 0.25) is 0 Å². The molecule has 2 N–H and O–H groups in total. The minimum Gasteiger partial charge on any atom is -0.490 e. The number of anilines is 2. The number of methoxy groups -OCH3 is 1. The predicted octanol–water partition coefficient (Wildman–Crippen LogP) is 3.72. The number of rotatable bonds is 9. The van der Waals surface area contributed by atoms with Crippen LogP contribution in [0.4, 0.5) is 24.7 Å². The molecule has 0 fully saturated rings. The largest absolute Gasteiger partial charge is 0.490 e. The van der Waals surface area contributed by atoms with Gasteiger partial charge in [0.2, 0.25) is 0 Å². The number of pyridine rings is 1. The van der Waals surface area contributed by atoms with Gasteiger partial charge in [0.05, 0.1) is 34.9 Å². The molecule has 4 rings (SSSR count). The number of nitrogens with zero attached hydrogens (tertiary/aromatic N) is 1. The van der Waals surface area contributed by atoms with Gasteiger partial charge in [-0.1, -0.05) is 0 Å². The van der Waals surface area contributed by atoms with Gasteiger partial charge in [0.25, 0.3) is 10.0 Å². The van der Waals surface area contributed by atoms with Crippen molar-refractivity contribution in [2.75, 3.05) is 36.9 Å². The predicted molar refractivity (Wildman–Crippen MR) is 121 cm³/mol. The number of sulfonamides is 1. The van der Waals surface area contributed by atoms with Crippen LogP contribution in [0.15, 0.2) is 53.6 Å². The quantitative estimate of drug-likeness (QED) is 0.336. The van der Waals surface area contributed by atoms with Crippen molar-refractivity contribution >= 4 is 27.3 Å². The molecule has 1 unspecified atom stereocenters. The van der Waals surface area contributed by atoms with Crippen LogP contribution in [0.25, 0.3) is 0 Å². The van der Waals surface area contributed by atoms with Crippen molar-refractivity contribution in [1.29, 1.82) is 0 Å². The van der Waals surface area contributed by atoms with E-state index < -0.39 is 50.4 Å². The smallest absolute Gasteiger partial charge is 0.261 e. The second-order valence-electron chi connectivity index (χ2n) is 7.59. The van der Waals surface area contributed by atoms with Crippen LogP contribution in [0, 0.1) is 17.5 Å². The van der Waals surface area contributed by atoms with Gasteiger partial charge >= 0.3 is 0 Å². The van der Waals surface area contributed by atoms with Crippen LogP contribution >= 0.6 is 0 Å². The average Bonchev–Trinajstić information content (AvgIpc) is 3.25. The molecular weight excluding hydrogens is 487 g/mol. The summed E-state index contributed by atoms with van der Waals surface area (Å²) in [6, 6.07) is 7.05. The monoisotopic (exact) mass is 507 g/mol. The fourth-order valence-electron chi connectivity index (χ4n) is 3.59. The first kappa shape index (κ1) is 24.5. The van der Waals surface area contributed by atoms with Crippen molar-refractivity contribution in [3.63, 3.8) is 0 Å². The Morgan fingerprint density at radius 1 is 1.14 bits per heavy atom. The minimum atomic E-state index is -4.33. The highest BCUT2D eigenvalue weighted by molar-refractivity contribution is 7.92. The third-order valence-electron chi connectivity index (χ3n) is 5.32. The summed E-state index contributed by atoms with van der Waals surface area (Å²) in [6.45, 7) is 0.602. The molecule has 0 saturated heterocycles. The lowest BCUT2D eigenvalue weighted by molar-refractivity contribution is 0.0958. The fourth-order valence-corrected chi connectivity index (χ4v) is 4.65. The fraction of sp³-hybridized carbons (Fsp3) is 0.217. The SMILES string of the molecule is COCCOc1cnc2c(c1)C(C(=O)c1c(F)ccc(NS(=O)(=O)c3ccc(F)cc3)c1F)CN2. The Morgan fingerprint density at radius 3 is 2.60 bits per heavy atom. The lowest BCUT2D eigenvalue weighted by Crippen LogP contribution is -2.20. The zero-order chi connectivity index (χ0) is 25.2. The number of Topliss-reactive ketones (excluding diaryl/α,β-unsaturated/α-hetero) is 1. The van der Waals surface area contributed by atoms with E-state index in [4.69, 9.17) is 9.47 Å². The van der Waals surface area contributed by atoms with E-state index in [0.717, 1.165) is 36.4 Å². The zero-order valence-electron chi connectivity index (χ0n) is 18.3. The van der Waals surface area contributed by atoms with Gasteiger partial charge in [-0.2, -0.15) is 0 Å². The number of nitrogens with one attached hydrogen (secondary N) is 2. The number of hydrogen-bond donors (Lipinski definition) is 2. The number of fused-ring (bicyclic) bond motifs is 1. The first-order valence-corrected chi connectivity index (χ1v) is 11.9. The van der Waals surface area contributed by atoms with Crippen LogP contribution in [0.1, 0.15) is 21.8 Å². The molecule has 2 aromatic carbocycles. The van der Waals surface area contributed by atoms with Gasteiger partial charge in [-0.25, -0.2) is 26.6 Å². The minimum absolute atomic E-state index is 0.0348. The molecule has 12 heteroatoms. The number of benzene rings is 2. The van der Waals surface area contributed by atoms with Gasteiger partial charge in [-0.05, 0) is 42.5 Å². The summed E-state index contributed by atoms with van der Waals surface area (Å²) in [5.74, 6) is -4.33. The second-order valence-corrected chi connectivity index (χ2v) is 9.27. The third-order valence-corrected chi connectivity index (χ3v) is 6.70. The highest BCUT2D eigenvalue weighted by atomic mass is 32.2. The van der Waals surface area contributed by atoms with E-state index in [0.29, 0.717) is 23.7 Å². The molecule has 3 aromatic rings. The number of halogens is 3. The normalized spacial score (nSPS) is 14.8.